The van der Waals surface area contributed by atoms with Crippen LogP contribution in [-0.2, 0) is 21.4 Å². The molecule has 0 spiro atoms. The number of carbonyl (C=O) groups is 1. The van der Waals surface area contributed by atoms with Crippen LogP contribution in [0.5, 0.6) is 0 Å². The quantitative estimate of drug-likeness (QED) is 0.543. The smallest absolute Gasteiger partial charge is 0.244 e. The molecule has 1 saturated heterocycles. The van der Waals surface area contributed by atoms with Gasteiger partial charge in [-0.15, -0.1) is 0 Å². The second-order valence-electron chi connectivity index (χ2n) is 8.17. The Morgan fingerprint density at radius 1 is 1.16 bits per heavy atom. The largest absolute Gasteiger partial charge is 0.335 e. The van der Waals surface area contributed by atoms with Gasteiger partial charge in [0.1, 0.15) is 10.7 Å². The maximum Gasteiger partial charge on any atom is 0.244 e. The molecule has 1 amide bonds. The molecule has 0 radical (unpaired) electrons. The van der Waals surface area contributed by atoms with Gasteiger partial charge in [0, 0.05) is 50.5 Å². The third-order valence-electron chi connectivity index (χ3n) is 5.76. The molecule has 0 atom stereocenters. The highest BCUT2D eigenvalue weighted by molar-refractivity contribution is 7.99. The van der Waals surface area contributed by atoms with Crippen LogP contribution in [0.2, 0.25) is 0 Å². The summed E-state index contributed by atoms with van der Waals surface area (Å²) in [6.07, 6.45) is 3.22. The summed E-state index contributed by atoms with van der Waals surface area (Å²) in [6.45, 7) is 2.58. The number of pyridine rings is 1. The summed E-state index contributed by atoms with van der Waals surface area (Å²) < 4.78 is 41.1. The van der Waals surface area contributed by atoms with E-state index < -0.39 is 10.0 Å². The number of amides is 1. The predicted molar refractivity (Wildman–Crippen MR) is 121 cm³/mol. The monoisotopic (exact) mass is 478 g/mol. The summed E-state index contributed by atoms with van der Waals surface area (Å²) in [5.41, 5.74) is 0.509. The van der Waals surface area contributed by atoms with Gasteiger partial charge in [-0.05, 0) is 38.1 Å². The lowest BCUT2D eigenvalue weighted by atomic mass is 10.2. The average Bonchev–Trinajstić information content (AvgIpc) is 3.63. The molecule has 32 heavy (non-hydrogen) atoms. The van der Waals surface area contributed by atoms with E-state index in [9.17, 15) is 17.6 Å². The van der Waals surface area contributed by atoms with Crippen molar-refractivity contribution < 1.29 is 17.6 Å². The Hall–Kier alpha value is -2.01. The van der Waals surface area contributed by atoms with Gasteiger partial charge in [-0.2, -0.15) is 4.31 Å². The first-order chi connectivity index (χ1) is 15.3. The number of carbonyl (C=O) groups excluding carboxylic acids is 1. The number of rotatable bonds is 8. The lowest BCUT2D eigenvalue weighted by molar-refractivity contribution is -0.129. The maximum atomic E-state index is 14.0. The van der Waals surface area contributed by atoms with E-state index in [1.54, 1.807) is 35.2 Å². The van der Waals surface area contributed by atoms with Crippen molar-refractivity contribution in [1.82, 2.24) is 19.1 Å². The molecule has 2 fully saturated rings. The van der Waals surface area contributed by atoms with Crippen LogP contribution in [0, 0.1) is 5.82 Å². The Bertz CT molecular complexity index is 1050. The fraction of sp³-hybridized carbons (Fsp3) is 0.455. The van der Waals surface area contributed by atoms with Gasteiger partial charge in [-0.3, -0.25) is 4.79 Å². The van der Waals surface area contributed by atoms with E-state index in [4.69, 9.17) is 0 Å². The van der Waals surface area contributed by atoms with E-state index in [0.717, 1.165) is 12.8 Å². The molecule has 2 heterocycles. The van der Waals surface area contributed by atoms with Gasteiger partial charge in [0.05, 0.1) is 10.8 Å². The van der Waals surface area contributed by atoms with Gasteiger partial charge in [0.2, 0.25) is 15.9 Å². The molecule has 1 aromatic carbocycles. The lowest BCUT2D eigenvalue weighted by Gasteiger charge is -2.31. The molecular weight excluding hydrogens is 451 g/mol. The molecule has 172 valence electrons. The number of likely N-dealkylation sites (N-methyl/N-ethyl adjacent to an activating group) is 1. The Balaban J connectivity index is 1.36. The summed E-state index contributed by atoms with van der Waals surface area (Å²) >= 11 is 1.26. The van der Waals surface area contributed by atoms with Crippen molar-refractivity contribution in [2.75, 3.05) is 39.0 Å². The van der Waals surface area contributed by atoms with Crippen LogP contribution in [0.25, 0.3) is 0 Å². The topological polar surface area (TPSA) is 73.8 Å². The zero-order valence-corrected chi connectivity index (χ0v) is 19.6. The number of piperazine rings is 1. The standard InChI is InChI=1S/C22H27FN4O3S2/c1-25-10-12-26(13-11-25)32(29,30)19-8-9-21(24-14-19)31-16-22(28)27(18-6-7-18)15-17-4-2-3-5-20(17)23/h2-5,8-9,14,18H,6-7,10-13,15-16H2,1H3. The summed E-state index contributed by atoms with van der Waals surface area (Å²) in [5, 5.41) is 0.581. The van der Waals surface area contributed by atoms with Gasteiger partial charge in [0.25, 0.3) is 0 Å². The van der Waals surface area contributed by atoms with Crippen LogP contribution in [-0.4, -0.2) is 78.4 Å². The van der Waals surface area contributed by atoms with Gasteiger partial charge in [0.15, 0.2) is 0 Å². The summed E-state index contributed by atoms with van der Waals surface area (Å²) in [6, 6.07) is 9.85. The highest BCUT2D eigenvalue weighted by Gasteiger charge is 2.33. The van der Waals surface area contributed by atoms with Crippen molar-refractivity contribution in [2.24, 2.45) is 0 Å². The van der Waals surface area contributed by atoms with E-state index in [2.05, 4.69) is 9.88 Å². The Morgan fingerprint density at radius 3 is 2.50 bits per heavy atom. The van der Waals surface area contributed by atoms with Gasteiger partial charge >= 0.3 is 0 Å². The molecule has 1 aliphatic carbocycles. The molecule has 1 aliphatic heterocycles. The lowest BCUT2D eigenvalue weighted by Crippen LogP contribution is -2.47. The van der Waals surface area contributed by atoms with Gasteiger partial charge in [-0.25, -0.2) is 17.8 Å². The molecule has 2 aliphatic rings. The van der Waals surface area contributed by atoms with Crippen molar-refractivity contribution in [2.45, 2.75) is 35.3 Å². The highest BCUT2D eigenvalue weighted by Crippen LogP contribution is 2.30. The first-order valence-electron chi connectivity index (χ1n) is 10.6. The molecule has 0 bridgehead atoms. The Morgan fingerprint density at radius 2 is 1.88 bits per heavy atom. The second-order valence-corrected chi connectivity index (χ2v) is 11.1. The molecule has 0 N–H and O–H groups in total. The number of hydrogen-bond acceptors (Lipinski definition) is 6. The van der Waals surface area contributed by atoms with E-state index >= 15 is 0 Å². The molecule has 1 aromatic heterocycles. The first kappa shape index (κ1) is 23.2. The SMILES string of the molecule is CN1CCN(S(=O)(=O)c2ccc(SCC(=O)N(Cc3ccccc3F)C3CC3)nc2)CC1. The number of thioether (sulfide) groups is 1. The average molecular weight is 479 g/mol. The van der Waals surface area contributed by atoms with Crippen molar-refractivity contribution in [3.8, 4) is 0 Å². The highest BCUT2D eigenvalue weighted by atomic mass is 32.2. The molecule has 1 saturated carbocycles. The van der Waals surface area contributed by atoms with Crippen molar-refractivity contribution in [1.29, 1.82) is 0 Å². The van der Waals surface area contributed by atoms with E-state index in [1.807, 2.05) is 7.05 Å². The van der Waals surface area contributed by atoms with Crippen molar-refractivity contribution >= 4 is 27.7 Å². The van der Waals surface area contributed by atoms with E-state index in [1.165, 1.54) is 28.3 Å². The Kier molecular flexibility index (Phi) is 7.14. The molecule has 4 rings (SSSR count). The van der Waals surface area contributed by atoms with Gasteiger partial charge in [-0.1, -0.05) is 30.0 Å². The van der Waals surface area contributed by atoms with Crippen LogP contribution in [0.15, 0.2) is 52.5 Å². The molecule has 2 aromatic rings. The fourth-order valence-corrected chi connectivity index (χ4v) is 5.71. The zero-order valence-electron chi connectivity index (χ0n) is 18.0. The minimum Gasteiger partial charge on any atom is -0.335 e. The number of halogens is 1. The van der Waals surface area contributed by atoms with E-state index in [0.29, 0.717) is 36.8 Å². The predicted octanol–water partition coefficient (Wildman–Crippen LogP) is 2.44. The van der Waals surface area contributed by atoms with Crippen LogP contribution in [0.3, 0.4) is 0 Å². The number of nitrogens with zero attached hydrogens (tertiary/aromatic N) is 4. The van der Waals surface area contributed by atoms with E-state index in [-0.39, 0.29) is 35.0 Å². The number of hydrogen-bond donors (Lipinski definition) is 0. The summed E-state index contributed by atoms with van der Waals surface area (Å²) in [7, 11) is -1.59. The Labute approximate surface area is 192 Å². The fourth-order valence-electron chi connectivity index (χ4n) is 3.62. The van der Waals surface area contributed by atoms with Crippen molar-refractivity contribution in [3.05, 3.63) is 54.0 Å². The molecule has 7 nitrogen and oxygen atoms in total. The second kappa shape index (κ2) is 9.86. The molecular formula is C22H27FN4O3S2. The minimum absolute atomic E-state index is 0.0725. The third kappa shape index (κ3) is 5.48. The van der Waals surface area contributed by atoms with Crippen LogP contribution >= 0.6 is 11.8 Å². The van der Waals surface area contributed by atoms with Crippen LogP contribution in [0.1, 0.15) is 18.4 Å². The normalized spacial score (nSPS) is 17.9. The summed E-state index contributed by atoms with van der Waals surface area (Å²) in [5.74, 6) is -0.211. The maximum absolute atomic E-state index is 14.0. The molecule has 10 heteroatoms. The first-order valence-corrected chi connectivity index (χ1v) is 13.1. The number of benzene rings is 1. The zero-order chi connectivity index (χ0) is 22.7. The van der Waals surface area contributed by atoms with Crippen LogP contribution < -0.4 is 0 Å². The number of sulfonamides is 1. The van der Waals surface area contributed by atoms with Gasteiger partial charge < -0.3 is 9.80 Å². The van der Waals surface area contributed by atoms with Crippen molar-refractivity contribution in [3.63, 3.8) is 0 Å². The molecule has 0 unspecified atom stereocenters. The number of aromatic nitrogens is 1. The summed E-state index contributed by atoms with van der Waals surface area (Å²) in [4.78, 5) is 21.1. The minimum atomic E-state index is -3.56. The third-order valence-corrected chi connectivity index (χ3v) is 8.57. The van der Waals surface area contributed by atoms with Crippen LogP contribution in [0.4, 0.5) is 4.39 Å².